The fourth-order valence-corrected chi connectivity index (χ4v) is 2.00. The molecule has 2 N–H and O–H groups in total. The summed E-state index contributed by atoms with van der Waals surface area (Å²) >= 11 is 0. The SMILES string of the molecule is Cc1ccccc1C(=O)NNC1=NCCCCC1. The molecule has 1 aliphatic heterocycles. The van der Waals surface area contributed by atoms with E-state index in [2.05, 4.69) is 15.8 Å². The number of hydrogen-bond donors (Lipinski definition) is 2. The summed E-state index contributed by atoms with van der Waals surface area (Å²) in [5.41, 5.74) is 7.32. The fraction of sp³-hybridized carbons (Fsp3) is 0.429. The van der Waals surface area contributed by atoms with Gasteiger partial charge in [0, 0.05) is 18.5 Å². The lowest BCUT2D eigenvalue weighted by Crippen LogP contribution is -2.41. The van der Waals surface area contributed by atoms with Crippen LogP contribution in [0.3, 0.4) is 0 Å². The first-order chi connectivity index (χ1) is 8.77. The van der Waals surface area contributed by atoms with Crippen molar-refractivity contribution in [3.63, 3.8) is 0 Å². The third-order valence-electron chi connectivity index (χ3n) is 3.08. The van der Waals surface area contributed by atoms with E-state index in [1.807, 2.05) is 31.2 Å². The number of nitrogens with zero attached hydrogens (tertiary/aromatic N) is 1. The summed E-state index contributed by atoms with van der Waals surface area (Å²) < 4.78 is 0. The van der Waals surface area contributed by atoms with Crippen LogP contribution in [-0.4, -0.2) is 18.3 Å². The Hall–Kier alpha value is -1.84. The number of carbonyl (C=O) groups is 1. The number of hydrogen-bond acceptors (Lipinski definition) is 3. The molecule has 0 saturated heterocycles. The summed E-state index contributed by atoms with van der Waals surface area (Å²) in [5.74, 6) is 0.773. The monoisotopic (exact) mass is 245 g/mol. The number of aliphatic imine (C=N–C) groups is 1. The van der Waals surface area contributed by atoms with Gasteiger partial charge >= 0.3 is 0 Å². The van der Waals surface area contributed by atoms with E-state index in [-0.39, 0.29) is 5.91 Å². The number of aryl methyl sites for hydroxylation is 1. The van der Waals surface area contributed by atoms with Gasteiger partial charge in [-0.25, -0.2) is 0 Å². The van der Waals surface area contributed by atoms with Crippen LogP contribution in [0.5, 0.6) is 0 Å². The zero-order valence-corrected chi connectivity index (χ0v) is 10.7. The topological polar surface area (TPSA) is 53.5 Å². The number of amidine groups is 1. The Morgan fingerprint density at radius 3 is 2.89 bits per heavy atom. The van der Waals surface area contributed by atoms with Crippen LogP contribution in [0.25, 0.3) is 0 Å². The van der Waals surface area contributed by atoms with Crippen molar-refractivity contribution in [2.75, 3.05) is 6.54 Å². The van der Waals surface area contributed by atoms with Crippen molar-refractivity contribution in [1.29, 1.82) is 0 Å². The van der Waals surface area contributed by atoms with Crippen molar-refractivity contribution < 1.29 is 4.79 Å². The Morgan fingerprint density at radius 1 is 1.22 bits per heavy atom. The third kappa shape index (κ3) is 3.32. The second-order valence-electron chi connectivity index (χ2n) is 4.53. The maximum absolute atomic E-state index is 12.0. The number of hydrazine groups is 1. The molecule has 1 amide bonds. The van der Waals surface area contributed by atoms with Crippen molar-refractivity contribution in [3.05, 3.63) is 35.4 Å². The second kappa shape index (κ2) is 6.19. The highest BCUT2D eigenvalue weighted by atomic mass is 16.2. The van der Waals surface area contributed by atoms with E-state index in [0.29, 0.717) is 5.56 Å². The van der Waals surface area contributed by atoms with Gasteiger partial charge in [-0.15, -0.1) is 0 Å². The van der Waals surface area contributed by atoms with E-state index in [1.54, 1.807) is 0 Å². The molecule has 96 valence electrons. The van der Waals surface area contributed by atoms with Gasteiger partial charge in [-0.2, -0.15) is 0 Å². The van der Waals surface area contributed by atoms with Gasteiger partial charge in [0.15, 0.2) is 0 Å². The second-order valence-corrected chi connectivity index (χ2v) is 4.53. The molecule has 0 bridgehead atoms. The van der Waals surface area contributed by atoms with Crippen LogP contribution < -0.4 is 10.9 Å². The lowest BCUT2D eigenvalue weighted by atomic mass is 10.1. The third-order valence-corrected chi connectivity index (χ3v) is 3.08. The minimum atomic E-state index is -0.111. The fourth-order valence-electron chi connectivity index (χ4n) is 2.00. The number of rotatable bonds is 1. The molecule has 0 aromatic heterocycles. The summed E-state index contributed by atoms with van der Waals surface area (Å²) in [5, 5.41) is 0. The molecule has 0 fully saturated rings. The summed E-state index contributed by atoms with van der Waals surface area (Å²) in [4.78, 5) is 16.4. The van der Waals surface area contributed by atoms with Gasteiger partial charge in [0.1, 0.15) is 5.84 Å². The molecule has 1 heterocycles. The van der Waals surface area contributed by atoms with Crippen molar-refractivity contribution >= 4 is 11.7 Å². The van der Waals surface area contributed by atoms with E-state index < -0.39 is 0 Å². The molecule has 4 heteroatoms. The summed E-state index contributed by atoms with van der Waals surface area (Å²) in [7, 11) is 0. The van der Waals surface area contributed by atoms with Gasteiger partial charge in [-0.3, -0.25) is 20.6 Å². The normalized spacial score (nSPS) is 15.5. The largest absolute Gasteiger partial charge is 0.285 e. The van der Waals surface area contributed by atoms with Crippen molar-refractivity contribution in [2.24, 2.45) is 4.99 Å². The minimum absolute atomic E-state index is 0.111. The Bertz CT molecular complexity index is 454. The number of carbonyl (C=O) groups excluding carboxylic acids is 1. The molecule has 4 nitrogen and oxygen atoms in total. The first-order valence-electron chi connectivity index (χ1n) is 6.42. The van der Waals surface area contributed by atoms with Crippen molar-refractivity contribution in [1.82, 2.24) is 10.9 Å². The molecule has 0 radical (unpaired) electrons. The maximum atomic E-state index is 12.0. The maximum Gasteiger partial charge on any atom is 0.269 e. The highest BCUT2D eigenvalue weighted by molar-refractivity contribution is 5.97. The van der Waals surface area contributed by atoms with Gasteiger partial charge in [-0.05, 0) is 31.4 Å². The lowest BCUT2D eigenvalue weighted by Gasteiger charge is -2.11. The predicted octanol–water partition coefficient (Wildman–Crippen LogP) is 2.20. The highest BCUT2D eigenvalue weighted by Gasteiger charge is 2.09. The van der Waals surface area contributed by atoms with E-state index in [4.69, 9.17) is 0 Å². The van der Waals surface area contributed by atoms with Gasteiger partial charge < -0.3 is 0 Å². The minimum Gasteiger partial charge on any atom is -0.285 e. The molecule has 2 rings (SSSR count). The molecule has 0 spiro atoms. The van der Waals surface area contributed by atoms with E-state index in [9.17, 15) is 4.79 Å². The van der Waals surface area contributed by atoms with Crippen LogP contribution in [0.4, 0.5) is 0 Å². The van der Waals surface area contributed by atoms with Crippen LogP contribution in [0, 0.1) is 6.92 Å². The van der Waals surface area contributed by atoms with Gasteiger partial charge in [0.2, 0.25) is 0 Å². The molecular formula is C14H19N3O. The summed E-state index contributed by atoms with van der Waals surface area (Å²) in [6.07, 6.45) is 4.39. The van der Waals surface area contributed by atoms with Crippen LogP contribution in [0.1, 0.15) is 41.6 Å². The van der Waals surface area contributed by atoms with Crippen LogP contribution in [0.2, 0.25) is 0 Å². The molecule has 1 aromatic carbocycles. The number of benzene rings is 1. The first-order valence-corrected chi connectivity index (χ1v) is 6.42. The molecule has 1 aromatic rings. The average molecular weight is 245 g/mol. The Kier molecular flexibility index (Phi) is 4.34. The standard InChI is InChI=1S/C14H19N3O/c1-11-7-4-5-8-12(11)14(18)17-16-13-9-3-2-6-10-15-13/h4-5,7-8H,2-3,6,9-10H2,1H3,(H,15,16)(H,17,18). The van der Waals surface area contributed by atoms with E-state index >= 15 is 0 Å². The van der Waals surface area contributed by atoms with Gasteiger partial charge in [0.25, 0.3) is 5.91 Å². The Balaban J connectivity index is 1.92. The van der Waals surface area contributed by atoms with Crippen LogP contribution >= 0.6 is 0 Å². The van der Waals surface area contributed by atoms with Crippen molar-refractivity contribution in [3.8, 4) is 0 Å². The van der Waals surface area contributed by atoms with Gasteiger partial charge in [-0.1, -0.05) is 24.6 Å². The number of amides is 1. The molecule has 0 unspecified atom stereocenters. The van der Waals surface area contributed by atoms with Crippen molar-refractivity contribution in [2.45, 2.75) is 32.6 Å². The molecule has 1 aliphatic rings. The summed E-state index contributed by atoms with van der Waals surface area (Å²) in [6, 6.07) is 7.54. The Labute approximate surface area is 107 Å². The van der Waals surface area contributed by atoms with Crippen LogP contribution in [-0.2, 0) is 0 Å². The zero-order valence-electron chi connectivity index (χ0n) is 10.7. The smallest absolute Gasteiger partial charge is 0.269 e. The number of nitrogens with one attached hydrogen (secondary N) is 2. The van der Waals surface area contributed by atoms with Crippen LogP contribution in [0.15, 0.2) is 29.3 Å². The lowest BCUT2D eigenvalue weighted by molar-refractivity contribution is 0.0943. The molecule has 0 atom stereocenters. The molecular weight excluding hydrogens is 226 g/mol. The molecule has 18 heavy (non-hydrogen) atoms. The molecule has 0 aliphatic carbocycles. The van der Waals surface area contributed by atoms with E-state index in [0.717, 1.165) is 37.2 Å². The average Bonchev–Trinajstić information content (AvgIpc) is 2.65. The van der Waals surface area contributed by atoms with E-state index in [1.165, 1.54) is 6.42 Å². The zero-order chi connectivity index (χ0) is 12.8. The highest BCUT2D eigenvalue weighted by Crippen LogP contribution is 2.07. The summed E-state index contributed by atoms with van der Waals surface area (Å²) in [6.45, 7) is 2.78. The quantitative estimate of drug-likeness (QED) is 0.745. The predicted molar refractivity (Wildman–Crippen MR) is 72.6 cm³/mol. The molecule has 0 saturated carbocycles. The first kappa shape index (κ1) is 12.6. The van der Waals surface area contributed by atoms with Gasteiger partial charge in [0.05, 0.1) is 0 Å². The Morgan fingerprint density at radius 2 is 2.06 bits per heavy atom.